The molecule has 0 radical (unpaired) electrons. The molecule has 3 heterocycles. The van der Waals surface area contributed by atoms with Crippen LogP contribution in [0.2, 0.25) is 0 Å². The minimum Gasteiger partial charge on any atom is -0.455 e. The van der Waals surface area contributed by atoms with Gasteiger partial charge < -0.3 is 14.7 Å². The molecule has 1 aliphatic heterocycles. The summed E-state index contributed by atoms with van der Waals surface area (Å²) in [5.74, 6) is 1.35. The monoisotopic (exact) mass is 345 g/mol. The number of nitrogens with zero attached hydrogens (tertiary/aromatic N) is 2. The summed E-state index contributed by atoms with van der Waals surface area (Å²) in [5.41, 5.74) is 7.23. The number of aromatic nitrogens is 1. The fourth-order valence-electron chi connectivity index (χ4n) is 3.58. The molecule has 1 saturated heterocycles. The summed E-state index contributed by atoms with van der Waals surface area (Å²) in [6.45, 7) is 9.84. The molecule has 0 bridgehead atoms. The predicted octanol–water partition coefficient (Wildman–Crippen LogP) is 3.70. The lowest BCUT2D eigenvalue weighted by Crippen LogP contribution is -2.33. The van der Waals surface area contributed by atoms with Gasteiger partial charge in [0.05, 0.1) is 6.04 Å². The zero-order valence-electron chi connectivity index (χ0n) is 15.5. The van der Waals surface area contributed by atoms with Crippen molar-refractivity contribution in [2.24, 2.45) is 5.73 Å². The van der Waals surface area contributed by atoms with Gasteiger partial charge in [0, 0.05) is 23.6 Å². The number of carbonyl (C=O) groups is 1. The van der Waals surface area contributed by atoms with Gasteiger partial charge in [-0.05, 0) is 32.4 Å². The molecule has 0 aromatic carbocycles. The van der Waals surface area contributed by atoms with Gasteiger partial charge in [-0.15, -0.1) is 0 Å². The van der Waals surface area contributed by atoms with Crippen LogP contribution in [0.3, 0.4) is 0 Å². The summed E-state index contributed by atoms with van der Waals surface area (Å²) in [6, 6.07) is 4.03. The average Bonchev–Trinajstić information content (AvgIpc) is 3.14. The predicted molar refractivity (Wildman–Crippen MR) is 94.2 cm³/mol. The lowest BCUT2D eigenvalue weighted by molar-refractivity contribution is 0.0970. The van der Waals surface area contributed by atoms with Gasteiger partial charge in [-0.25, -0.2) is 0 Å². The summed E-state index contributed by atoms with van der Waals surface area (Å²) >= 11 is 0. The number of nitrogens with two attached hydrogens (primary N) is 1. The topological polar surface area (TPSA) is 85.5 Å². The van der Waals surface area contributed by atoms with E-state index in [0.717, 1.165) is 42.2 Å². The Kier molecular flexibility index (Phi) is 4.73. The van der Waals surface area contributed by atoms with Gasteiger partial charge in [-0.2, -0.15) is 0 Å². The zero-order chi connectivity index (χ0) is 18.2. The Hall–Kier alpha value is -2.08. The number of hydrogen-bond acceptors (Lipinski definition) is 5. The molecule has 0 saturated carbocycles. The number of amides is 1. The molecule has 136 valence electrons. The van der Waals surface area contributed by atoms with Crippen LogP contribution < -0.4 is 5.73 Å². The highest BCUT2D eigenvalue weighted by Gasteiger charge is 2.31. The maximum absolute atomic E-state index is 11.6. The van der Waals surface area contributed by atoms with E-state index < -0.39 is 5.91 Å². The maximum atomic E-state index is 11.6. The molecule has 2 N–H and O–H groups in total. The molecule has 0 spiro atoms. The number of piperidine rings is 1. The van der Waals surface area contributed by atoms with E-state index >= 15 is 0 Å². The van der Waals surface area contributed by atoms with E-state index in [2.05, 4.69) is 30.8 Å². The molecule has 1 atom stereocenters. The first-order valence-corrected chi connectivity index (χ1v) is 8.86. The molecular formula is C19H27N3O3. The van der Waals surface area contributed by atoms with Crippen LogP contribution in [0, 0.1) is 6.92 Å². The Morgan fingerprint density at radius 3 is 2.72 bits per heavy atom. The summed E-state index contributed by atoms with van der Waals surface area (Å²) in [6.07, 6.45) is 3.38. The highest BCUT2D eigenvalue weighted by Crippen LogP contribution is 2.35. The minimum atomic E-state index is -0.529. The van der Waals surface area contributed by atoms with Crippen LogP contribution in [0.5, 0.6) is 0 Å². The third-order valence-corrected chi connectivity index (χ3v) is 4.71. The highest BCUT2D eigenvalue weighted by atomic mass is 16.5. The lowest BCUT2D eigenvalue weighted by atomic mass is 9.89. The fourth-order valence-corrected chi connectivity index (χ4v) is 3.58. The van der Waals surface area contributed by atoms with E-state index in [0.29, 0.717) is 6.54 Å². The van der Waals surface area contributed by atoms with Gasteiger partial charge >= 0.3 is 0 Å². The summed E-state index contributed by atoms with van der Waals surface area (Å²) in [4.78, 5) is 14.0. The SMILES string of the molecule is Cc1cc(C2CCCCN2Cc2cc(C(N)=O)oc2C(C)(C)C)no1. The second-order valence-electron chi connectivity index (χ2n) is 7.92. The molecule has 1 aliphatic rings. The quantitative estimate of drug-likeness (QED) is 0.913. The highest BCUT2D eigenvalue weighted by molar-refractivity contribution is 5.90. The molecule has 1 fully saturated rings. The van der Waals surface area contributed by atoms with E-state index in [1.807, 2.05) is 13.0 Å². The summed E-state index contributed by atoms with van der Waals surface area (Å²) in [7, 11) is 0. The van der Waals surface area contributed by atoms with Crippen molar-refractivity contribution < 1.29 is 13.7 Å². The first-order valence-electron chi connectivity index (χ1n) is 8.86. The van der Waals surface area contributed by atoms with Crippen molar-refractivity contribution >= 4 is 5.91 Å². The number of rotatable bonds is 4. The molecule has 6 nitrogen and oxygen atoms in total. The van der Waals surface area contributed by atoms with Crippen molar-refractivity contribution in [3.05, 3.63) is 40.7 Å². The van der Waals surface area contributed by atoms with Crippen molar-refractivity contribution in [1.82, 2.24) is 10.1 Å². The van der Waals surface area contributed by atoms with E-state index in [-0.39, 0.29) is 17.2 Å². The van der Waals surface area contributed by atoms with Crippen LogP contribution in [0.15, 0.2) is 21.1 Å². The largest absolute Gasteiger partial charge is 0.455 e. The Balaban J connectivity index is 1.90. The summed E-state index contributed by atoms with van der Waals surface area (Å²) < 4.78 is 11.1. The Morgan fingerprint density at radius 1 is 1.36 bits per heavy atom. The van der Waals surface area contributed by atoms with E-state index in [1.54, 1.807) is 6.07 Å². The molecule has 2 aromatic heterocycles. The molecule has 0 aliphatic carbocycles. The Labute approximate surface area is 148 Å². The van der Waals surface area contributed by atoms with Gasteiger partial charge in [-0.1, -0.05) is 32.3 Å². The normalized spacial score (nSPS) is 19.3. The number of carbonyl (C=O) groups excluding carboxylic acids is 1. The number of primary amides is 1. The Morgan fingerprint density at radius 2 is 2.12 bits per heavy atom. The van der Waals surface area contributed by atoms with Crippen LogP contribution in [0.25, 0.3) is 0 Å². The van der Waals surface area contributed by atoms with Crippen molar-refractivity contribution in [1.29, 1.82) is 0 Å². The number of likely N-dealkylation sites (tertiary alicyclic amines) is 1. The van der Waals surface area contributed by atoms with Crippen molar-refractivity contribution in [3.8, 4) is 0 Å². The first-order chi connectivity index (χ1) is 11.8. The minimum absolute atomic E-state index is 0.196. The number of aryl methyl sites for hydroxylation is 1. The third kappa shape index (κ3) is 3.79. The molecule has 1 amide bonds. The van der Waals surface area contributed by atoms with Gasteiger partial charge in [0.15, 0.2) is 5.76 Å². The maximum Gasteiger partial charge on any atom is 0.284 e. The Bertz CT molecular complexity index is 754. The zero-order valence-corrected chi connectivity index (χ0v) is 15.5. The van der Waals surface area contributed by atoms with Crippen LogP contribution >= 0.6 is 0 Å². The van der Waals surface area contributed by atoms with Gasteiger partial charge in [0.25, 0.3) is 5.91 Å². The second kappa shape index (κ2) is 6.67. The van der Waals surface area contributed by atoms with Crippen molar-refractivity contribution in [3.63, 3.8) is 0 Å². The van der Waals surface area contributed by atoms with Crippen LogP contribution in [-0.4, -0.2) is 22.5 Å². The molecule has 3 rings (SSSR count). The lowest BCUT2D eigenvalue weighted by Gasteiger charge is -2.34. The smallest absolute Gasteiger partial charge is 0.284 e. The molecular weight excluding hydrogens is 318 g/mol. The van der Waals surface area contributed by atoms with E-state index in [4.69, 9.17) is 14.7 Å². The van der Waals surface area contributed by atoms with Crippen LogP contribution in [-0.2, 0) is 12.0 Å². The standard InChI is InChI=1S/C19H27N3O3/c1-12-9-14(21-25-12)15-7-5-6-8-22(15)11-13-10-16(18(20)23)24-17(13)19(2,3)4/h9-10,15H,5-8,11H2,1-4H3,(H2,20,23). The number of furan rings is 1. The van der Waals surface area contributed by atoms with E-state index in [9.17, 15) is 4.79 Å². The van der Waals surface area contributed by atoms with Crippen LogP contribution in [0.4, 0.5) is 0 Å². The van der Waals surface area contributed by atoms with Gasteiger partial charge in [-0.3, -0.25) is 9.69 Å². The third-order valence-electron chi connectivity index (χ3n) is 4.71. The molecule has 2 aromatic rings. The summed E-state index contributed by atoms with van der Waals surface area (Å²) in [5, 5.41) is 4.22. The van der Waals surface area contributed by atoms with Crippen molar-refractivity contribution in [2.45, 2.75) is 65.0 Å². The van der Waals surface area contributed by atoms with Crippen molar-refractivity contribution in [2.75, 3.05) is 6.54 Å². The van der Waals surface area contributed by atoms with Gasteiger partial charge in [0.1, 0.15) is 17.2 Å². The fraction of sp³-hybridized carbons (Fsp3) is 0.579. The van der Waals surface area contributed by atoms with Gasteiger partial charge in [0.2, 0.25) is 0 Å². The molecule has 25 heavy (non-hydrogen) atoms. The van der Waals surface area contributed by atoms with Crippen LogP contribution in [0.1, 0.15) is 79.4 Å². The average molecular weight is 345 g/mol. The first kappa shape index (κ1) is 17.7. The second-order valence-corrected chi connectivity index (χ2v) is 7.92. The molecule has 1 unspecified atom stereocenters. The molecule has 6 heteroatoms. The van der Waals surface area contributed by atoms with E-state index in [1.165, 1.54) is 6.42 Å². The number of hydrogen-bond donors (Lipinski definition) is 1.